The summed E-state index contributed by atoms with van der Waals surface area (Å²) in [6.45, 7) is 4.93. The molecule has 1 aliphatic rings. The number of aromatic nitrogens is 6. The Hall–Kier alpha value is -4.29. The van der Waals surface area contributed by atoms with Gasteiger partial charge in [0.1, 0.15) is 29.3 Å². The van der Waals surface area contributed by atoms with Crippen LogP contribution in [0.5, 0.6) is 0 Å². The molecule has 0 bridgehead atoms. The second kappa shape index (κ2) is 9.30. The van der Waals surface area contributed by atoms with Crippen LogP contribution in [0.4, 0.5) is 20.5 Å². The smallest absolute Gasteiger partial charge is 0.261 e. The highest BCUT2D eigenvalue weighted by molar-refractivity contribution is 5.85. The number of hydrogen-bond donors (Lipinski definition) is 2. The summed E-state index contributed by atoms with van der Waals surface area (Å²) in [6, 6.07) is 6.38. The van der Waals surface area contributed by atoms with E-state index < -0.39 is 17.2 Å². The van der Waals surface area contributed by atoms with Crippen molar-refractivity contribution in [1.29, 1.82) is 0 Å². The fourth-order valence-electron chi connectivity index (χ4n) is 4.50. The number of anilines is 2. The van der Waals surface area contributed by atoms with Gasteiger partial charge in [0.05, 0.1) is 23.3 Å². The third kappa shape index (κ3) is 4.52. The third-order valence-electron chi connectivity index (χ3n) is 6.52. The third-order valence-corrected chi connectivity index (χ3v) is 6.52. The highest BCUT2D eigenvalue weighted by Gasteiger charge is 2.17. The summed E-state index contributed by atoms with van der Waals surface area (Å²) in [5.74, 6) is -0.924. The van der Waals surface area contributed by atoms with Gasteiger partial charge in [-0.05, 0) is 30.8 Å². The Bertz CT molecular complexity index is 1660. The highest BCUT2D eigenvalue weighted by atomic mass is 19.1. The van der Waals surface area contributed by atoms with E-state index in [1.165, 1.54) is 23.0 Å². The van der Waals surface area contributed by atoms with Crippen LogP contribution < -0.4 is 10.9 Å². The number of imidazole rings is 1. The van der Waals surface area contributed by atoms with Gasteiger partial charge in [-0.25, -0.2) is 28.7 Å². The van der Waals surface area contributed by atoms with Crippen molar-refractivity contribution in [2.24, 2.45) is 0 Å². The van der Waals surface area contributed by atoms with E-state index in [0.717, 1.165) is 50.6 Å². The van der Waals surface area contributed by atoms with Crippen molar-refractivity contribution in [2.75, 3.05) is 38.5 Å². The van der Waals surface area contributed by atoms with Gasteiger partial charge in [-0.1, -0.05) is 6.07 Å². The van der Waals surface area contributed by atoms with Gasteiger partial charge in [0.15, 0.2) is 5.82 Å². The molecule has 0 saturated carbocycles. The number of fused-ring (bicyclic) bond motifs is 3. The van der Waals surface area contributed by atoms with Crippen LogP contribution in [0.2, 0.25) is 0 Å². The molecule has 0 amide bonds. The maximum absolute atomic E-state index is 15.0. The molecule has 1 aromatic carbocycles. The monoisotopic (exact) mass is 503 g/mol. The summed E-state index contributed by atoms with van der Waals surface area (Å²) in [5.41, 5.74) is 1.17. The van der Waals surface area contributed by atoms with E-state index in [2.05, 4.69) is 47.1 Å². The van der Waals surface area contributed by atoms with Gasteiger partial charge in [0, 0.05) is 44.5 Å². The molecule has 0 radical (unpaired) electrons. The largest absolute Gasteiger partial charge is 0.309 e. The number of H-pyrrole nitrogens is 1. The van der Waals surface area contributed by atoms with Gasteiger partial charge in [0.25, 0.3) is 5.56 Å². The van der Waals surface area contributed by atoms with Crippen LogP contribution in [0.25, 0.3) is 27.8 Å². The molecule has 0 atom stereocenters. The Morgan fingerprint density at radius 2 is 1.86 bits per heavy atom. The molecule has 5 heterocycles. The van der Waals surface area contributed by atoms with Crippen molar-refractivity contribution in [2.45, 2.75) is 6.54 Å². The van der Waals surface area contributed by atoms with Crippen LogP contribution >= 0.6 is 0 Å². The van der Waals surface area contributed by atoms with Crippen LogP contribution in [0.15, 0.2) is 54.0 Å². The van der Waals surface area contributed by atoms with E-state index in [1.807, 2.05) is 12.1 Å². The number of likely N-dealkylation sites (N-methyl/N-ethyl adjacent to an activating group) is 1. The number of piperazine rings is 1. The minimum absolute atomic E-state index is 0.106. The molecule has 12 heteroatoms. The van der Waals surface area contributed by atoms with Gasteiger partial charge < -0.3 is 15.2 Å². The molecular weight excluding hydrogens is 480 g/mol. The molecule has 0 spiro atoms. The highest BCUT2D eigenvalue weighted by Crippen LogP contribution is 2.27. The Balaban J connectivity index is 1.27. The number of halogens is 2. The summed E-state index contributed by atoms with van der Waals surface area (Å²) in [5, 5.41) is 2.83. The van der Waals surface area contributed by atoms with Crippen LogP contribution in [-0.2, 0) is 6.54 Å². The Kier molecular flexibility index (Phi) is 5.81. The Labute approximate surface area is 209 Å². The standard InChI is InChI=1S/C25H23F2N9O/c1-34-4-6-35(7-5-34)13-15-2-3-20(29-10-15)31-25-30-11-18(27)23(33-25)16-8-17(26)22-19(9-16)36-14-28-12-21(36)32-24(22)37/h2-3,8-12,14H,4-7,13H2,1H3,(H,32,37)(H,29,30,31,33). The molecule has 1 aliphatic heterocycles. The molecule has 37 heavy (non-hydrogen) atoms. The van der Waals surface area contributed by atoms with Gasteiger partial charge in [-0.3, -0.25) is 14.1 Å². The first-order valence-electron chi connectivity index (χ1n) is 11.8. The average Bonchev–Trinajstić information content (AvgIpc) is 3.36. The molecule has 1 saturated heterocycles. The van der Waals surface area contributed by atoms with Gasteiger partial charge in [0.2, 0.25) is 5.95 Å². The van der Waals surface area contributed by atoms with E-state index in [4.69, 9.17) is 0 Å². The molecule has 0 unspecified atom stereocenters. The molecule has 2 N–H and O–H groups in total. The maximum Gasteiger partial charge on any atom is 0.261 e. The van der Waals surface area contributed by atoms with Crippen molar-refractivity contribution in [1.82, 2.24) is 39.1 Å². The zero-order valence-electron chi connectivity index (χ0n) is 19.9. The molecule has 6 rings (SSSR count). The zero-order valence-corrected chi connectivity index (χ0v) is 19.9. The lowest BCUT2D eigenvalue weighted by atomic mass is 10.1. The fraction of sp³-hybridized carbons (Fsp3) is 0.240. The first-order chi connectivity index (χ1) is 17.9. The summed E-state index contributed by atoms with van der Waals surface area (Å²) >= 11 is 0. The van der Waals surface area contributed by atoms with Crippen LogP contribution in [0.3, 0.4) is 0 Å². The topological polar surface area (TPSA) is 107 Å². The van der Waals surface area contributed by atoms with Crippen molar-refractivity contribution >= 4 is 28.3 Å². The van der Waals surface area contributed by atoms with E-state index in [1.54, 1.807) is 6.20 Å². The SMILES string of the molecule is CN1CCN(Cc2ccc(Nc3ncc(F)c(-c4cc(F)c5c(=O)[nH]c6cncn6c5c4)n3)nc2)CC1. The second-order valence-electron chi connectivity index (χ2n) is 9.10. The predicted octanol–water partition coefficient (Wildman–Crippen LogP) is 2.80. The quantitative estimate of drug-likeness (QED) is 0.377. The molecule has 5 aromatic rings. The van der Waals surface area contributed by atoms with Crippen LogP contribution in [-0.4, -0.2) is 72.3 Å². The maximum atomic E-state index is 15.0. The van der Waals surface area contributed by atoms with E-state index in [9.17, 15) is 13.6 Å². The number of rotatable bonds is 5. The number of nitrogens with one attached hydrogen (secondary N) is 2. The van der Waals surface area contributed by atoms with Crippen molar-refractivity contribution in [3.8, 4) is 11.3 Å². The molecule has 188 valence electrons. The number of hydrogen-bond acceptors (Lipinski definition) is 8. The van der Waals surface area contributed by atoms with Crippen molar-refractivity contribution in [3.63, 3.8) is 0 Å². The molecular formula is C25H23F2N9O. The second-order valence-corrected chi connectivity index (χ2v) is 9.10. The molecule has 10 nitrogen and oxygen atoms in total. The minimum Gasteiger partial charge on any atom is -0.309 e. The lowest BCUT2D eigenvalue weighted by Crippen LogP contribution is -2.43. The predicted molar refractivity (Wildman–Crippen MR) is 135 cm³/mol. The molecule has 0 aliphatic carbocycles. The molecule has 4 aromatic heterocycles. The molecule has 1 fully saturated rings. The van der Waals surface area contributed by atoms with Crippen molar-refractivity contribution < 1.29 is 8.78 Å². The summed E-state index contributed by atoms with van der Waals surface area (Å²) < 4.78 is 31.3. The summed E-state index contributed by atoms with van der Waals surface area (Å²) in [6.07, 6.45) is 5.69. The Morgan fingerprint density at radius 3 is 2.65 bits per heavy atom. The first kappa shape index (κ1) is 23.1. The average molecular weight is 504 g/mol. The Morgan fingerprint density at radius 1 is 1.03 bits per heavy atom. The van der Waals surface area contributed by atoms with Gasteiger partial charge >= 0.3 is 0 Å². The van der Waals surface area contributed by atoms with E-state index >= 15 is 0 Å². The lowest BCUT2D eigenvalue weighted by Gasteiger charge is -2.32. The van der Waals surface area contributed by atoms with Gasteiger partial charge in [-0.15, -0.1) is 0 Å². The van der Waals surface area contributed by atoms with Crippen LogP contribution in [0.1, 0.15) is 5.56 Å². The summed E-state index contributed by atoms with van der Waals surface area (Å²) in [7, 11) is 2.12. The number of aromatic amines is 1. The number of benzene rings is 1. The lowest BCUT2D eigenvalue weighted by molar-refractivity contribution is 0.148. The zero-order chi connectivity index (χ0) is 25.5. The number of nitrogens with zero attached hydrogens (tertiary/aromatic N) is 7. The fourth-order valence-corrected chi connectivity index (χ4v) is 4.50. The van der Waals surface area contributed by atoms with Crippen LogP contribution in [0, 0.1) is 11.6 Å². The van der Waals surface area contributed by atoms with Gasteiger partial charge in [-0.2, -0.15) is 0 Å². The normalized spacial score (nSPS) is 15.0. The minimum atomic E-state index is -0.797. The van der Waals surface area contributed by atoms with E-state index in [0.29, 0.717) is 11.5 Å². The number of pyridine rings is 1. The summed E-state index contributed by atoms with van der Waals surface area (Å²) in [4.78, 5) is 36.4. The van der Waals surface area contributed by atoms with E-state index in [-0.39, 0.29) is 28.1 Å². The first-order valence-corrected chi connectivity index (χ1v) is 11.8. The van der Waals surface area contributed by atoms with Crippen molar-refractivity contribution in [3.05, 3.63) is 76.7 Å².